The molecule has 0 saturated carbocycles. The highest BCUT2D eigenvalue weighted by Crippen LogP contribution is 2.42. The average Bonchev–Trinajstić information content (AvgIpc) is 3.66. The third-order valence-electron chi connectivity index (χ3n) is 11.8. The molecule has 0 bridgehead atoms. The zero-order valence-corrected chi connectivity index (χ0v) is 33.8. The molecule has 302 valence electrons. The molecule has 0 radical (unpaired) electrons. The Morgan fingerprint density at radius 1 is 0.484 bits per heavy atom. The van der Waals surface area contributed by atoms with Crippen molar-refractivity contribution in [3.8, 4) is 34.5 Å². The molecule has 0 aliphatic heterocycles. The van der Waals surface area contributed by atoms with E-state index in [0.29, 0.717) is 49.8 Å². The summed E-state index contributed by atoms with van der Waals surface area (Å²) >= 11 is 6.09. The number of carbonyl (C=O) groups excluding carboxylic acids is 4. The highest BCUT2D eigenvalue weighted by Gasteiger charge is 2.43. The van der Waals surface area contributed by atoms with Crippen molar-refractivity contribution in [1.82, 2.24) is 9.97 Å². The van der Waals surface area contributed by atoms with E-state index in [0.717, 1.165) is 11.1 Å². The highest BCUT2D eigenvalue weighted by molar-refractivity contribution is 6.32. The number of fused-ring (bicyclic) bond motifs is 4. The van der Waals surface area contributed by atoms with Crippen molar-refractivity contribution in [2.75, 3.05) is 0 Å². The lowest BCUT2D eigenvalue weighted by atomic mass is 9.78. The minimum atomic E-state index is -1.27. The molecule has 0 fully saturated rings. The van der Waals surface area contributed by atoms with Gasteiger partial charge in [0.05, 0.1) is 11.0 Å². The molecular weight excluding hydrogens is 804 g/mol. The summed E-state index contributed by atoms with van der Waals surface area (Å²) < 4.78 is 12.3. The molecule has 2 heterocycles. The van der Waals surface area contributed by atoms with Crippen LogP contribution in [0, 0.1) is 0 Å². The maximum absolute atomic E-state index is 13.6. The minimum Gasteiger partial charge on any atom is -0.506 e. The van der Waals surface area contributed by atoms with Crippen molar-refractivity contribution in [3.05, 3.63) is 189 Å². The summed E-state index contributed by atoms with van der Waals surface area (Å²) in [4.78, 5) is 63.0. The number of rotatable bonds is 8. The first-order chi connectivity index (χ1) is 29.8. The Bertz CT molecular complexity index is 3230. The van der Waals surface area contributed by atoms with Crippen molar-refractivity contribution in [2.45, 2.75) is 31.1 Å². The van der Waals surface area contributed by atoms with Gasteiger partial charge >= 0.3 is 0 Å². The molecular formula is C51H33ClN2O8. The second-order valence-corrected chi connectivity index (χ2v) is 16.4. The maximum Gasteiger partial charge on any atom is 0.180 e. The molecule has 6 aromatic carbocycles. The number of benzene rings is 6. The molecule has 0 amide bonds. The van der Waals surface area contributed by atoms with E-state index >= 15 is 0 Å². The van der Waals surface area contributed by atoms with E-state index < -0.39 is 40.4 Å². The zero-order chi connectivity index (χ0) is 43.0. The van der Waals surface area contributed by atoms with Gasteiger partial charge in [0.2, 0.25) is 0 Å². The van der Waals surface area contributed by atoms with Crippen LogP contribution in [0.3, 0.4) is 0 Å². The quantitative estimate of drug-likeness (QED) is 0.141. The number of ether oxygens (including phenoxy) is 2. The second-order valence-electron chi connectivity index (χ2n) is 15.9. The second kappa shape index (κ2) is 14.5. The van der Waals surface area contributed by atoms with Crippen LogP contribution in [0.25, 0.3) is 21.8 Å². The van der Waals surface area contributed by atoms with Gasteiger partial charge in [0.15, 0.2) is 23.1 Å². The van der Waals surface area contributed by atoms with Crippen LogP contribution in [0.1, 0.15) is 89.6 Å². The van der Waals surface area contributed by atoms with Gasteiger partial charge in [0, 0.05) is 43.5 Å². The lowest BCUT2D eigenvalue weighted by molar-refractivity contribution is 0.0870. The Labute approximate surface area is 359 Å². The molecule has 0 saturated heterocycles. The summed E-state index contributed by atoms with van der Waals surface area (Å²) in [7, 11) is 0. The topological polar surface area (TPSA) is 153 Å². The number of hydrogen-bond acceptors (Lipinski definition) is 10. The molecule has 0 spiro atoms. The van der Waals surface area contributed by atoms with Crippen molar-refractivity contribution < 1.29 is 38.9 Å². The summed E-state index contributed by atoms with van der Waals surface area (Å²) in [6.45, 7) is 4.19. The van der Waals surface area contributed by atoms with Crippen molar-refractivity contribution in [2.24, 2.45) is 0 Å². The van der Waals surface area contributed by atoms with E-state index in [1.165, 1.54) is 12.1 Å². The first-order valence-corrected chi connectivity index (χ1v) is 20.1. The van der Waals surface area contributed by atoms with Crippen LogP contribution >= 0.6 is 11.6 Å². The minimum absolute atomic E-state index is 0.00261. The lowest BCUT2D eigenvalue weighted by Gasteiger charge is -2.26. The van der Waals surface area contributed by atoms with Gasteiger partial charge in [-0.3, -0.25) is 19.2 Å². The largest absolute Gasteiger partial charge is 0.506 e. The molecule has 2 unspecified atom stereocenters. The molecule has 2 aliphatic carbocycles. The fraction of sp³-hybridized carbons (Fsp3) is 0.0980. The van der Waals surface area contributed by atoms with Crippen LogP contribution in [0.4, 0.5) is 0 Å². The monoisotopic (exact) mass is 836 g/mol. The van der Waals surface area contributed by atoms with Crippen molar-refractivity contribution in [3.63, 3.8) is 0 Å². The number of pyridine rings is 2. The van der Waals surface area contributed by atoms with Gasteiger partial charge < -0.3 is 19.7 Å². The van der Waals surface area contributed by atoms with Gasteiger partial charge in [-0.1, -0.05) is 67.9 Å². The SMILES string of the molecule is CC(C)(c1ccc(Oc2ccc3c(c2)C(=O)C(c2nc4ccccc4cc2O)C3=O)cc1)c1ccc(Oc2ccc3c(c2)C(=O)C(c2nc4ccc(Cl)cc4cc2O)C3=O)cc1. The zero-order valence-electron chi connectivity index (χ0n) is 33.1. The van der Waals surface area contributed by atoms with E-state index in [-0.39, 0.29) is 45.1 Å². The number of halogens is 1. The Morgan fingerprint density at radius 3 is 1.44 bits per heavy atom. The molecule has 10 rings (SSSR count). The van der Waals surface area contributed by atoms with Crippen molar-refractivity contribution in [1.29, 1.82) is 0 Å². The number of ketones is 4. The predicted octanol–water partition coefficient (Wildman–Crippen LogP) is 11.1. The first kappa shape index (κ1) is 38.5. The lowest BCUT2D eigenvalue weighted by Crippen LogP contribution is -2.18. The Balaban J connectivity index is 0.814. The van der Waals surface area contributed by atoms with Crippen LogP contribution in [0.5, 0.6) is 34.5 Å². The number of Topliss-reactive ketones (excluding diaryl/α,β-unsaturated/α-hetero) is 4. The van der Waals surface area contributed by atoms with E-state index in [1.807, 2.05) is 54.6 Å². The molecule has 2 atom stereocenters. The smallest absolute Gasteiger partial charge is 0.180 e. The number of para-hydroxylation sites is 1. The molecule has 2 N–H and O–H groups in total. The molecule has 10 nitrogen and oxygen atoms in total. The highest BCUT2D eigenvalue weighted by atomic mass is 35.5. The first-order valence-electron chi connectivity index (χ1n) is 19.7. The molecule has 11 heteroatoms. The number of aromatic hydroxyl groups is 2. The maximum atomic E-state index is 13.6. The molecule has 2 aliphatic rings. The molecule has 8 aromatic rings. The van der Waals surface area contributed by atoms with Gasteiger partial charge in [-0.25, -0.2) is 9.97 Å². The third kappa shape index (κ3) is 6.43. The summed E-state index contributed by atoms with van der Waals surface area (Å²) in [6.07, 6.45) is 0. The van der Waals surface area contributed by atoms with Gasteiger partial charge in [-0.15, -0.1) is 0 Å². The standard InChI is InChI=1S/C51H33ClN2O8/c1-51(2,28-7-12-31(13-8-28)61-33-16-18-35-37(24-33)49(59)43(47(35)57)45-41(55)22-26-5-3-4-6-39(26)53-45)29-9-14-32(15-10-29)62-34-17-19-36-38(25-34)50(60)44(48(36)58)46-42(56)23-27-21-30(52)11-20-40(27)54-46/h3-25,43-44,55-56H,1-2H3. The van der Waals surface area contributed by atoms with Crippen LogP contribution in [0.15, 0.2) is 140 Å². The number of hydrogen-bond donors (Lipinski definition) is 2. The van der Waals surface area contributed by atoms with Gasteiger partial charge in [-0.2, -0.15) is 0 Å². The van der Waals surface area contributed by atoms with Crippen LogP contribution < -0.4 is 9.47 Å². The van der Waals surface area contributed by atoms with Crippen LogP contribution in [-0.2, 0) is 5.41 Å². The fourth-order valence-corrected chi connectivity index (χ4v) is 8.56. The van der Waals surface area contributed by atoms with Gasteiger partial charge in [0.1, 0.15) is 57.7 Å². The fourth-order valence-electron chi connectivity index (χ4n) is 8.38. The molecule has 2 aromatic heterocycles. The van der Waals surface area contributed by atoms with Crippen molar-refractivity contribution >= 4 is 56.5 Å². The summed E-state index contributed by atoms with van der Waals surface area (Å²) in [6, 6.07) is 39.8. The van der Waals surface area contributed by atoms with Crippen LogP contribution in [0.2, 0.25) is 5.02 Å². The molecule has 62 heavy (non-hydrogen) atoms. The Kier molecular flexibility index (Phi) is 9.00. The Hall–Kier alpha value is -7.69. The van der Waals surface area contributed by atoms with Gasteiger partial charge in [0.25, 0.3) is 0 Å². The van der Waals surface area contributed by atoms with E-state index in [9.17, 15) is 29.4 Å². The Morgan fingerprint density at radius 2 is 0.919 bits per heavy atom. The number of nitrogens with zero attached hydrogens (tertiary/aromatic N) is 2. The number of carbonyl (C=O) groups is 4. The summed E-state index contributed by atoms with van der Waals surface area (Å²) in [5.41, 5.74) is 3.60. The third-order valence-corrected chi connectivity index (χ3v) is 12.0. The summed E-state index contributed by atoms with van der Waals surface area (Å²) in [5.74, 6) is -2.93. The van der Waals surface area contributed by atoms with E-state index in [2.05, 4.69) is 23.8 Å². The van der Waals surface area contributed by atoms with E-state index in [4.69, 9.17) is 21.1 Å². The normalized spacial score (nSPS) is 15.9. The number of aromatic nitrogens is 2. The van der Waals surface area contributed by atoms with E-state index in [1.54, 1.807) is 72.8 Å². The predicted molar refractivity (Wildman–Crippen MR) is 233 cm³/mol. The summed E-state index contributed by atoms with van der Waals surface area (Å²) in [5, 5.41) is 23.3. The van der Waals surface area contributed by atoms with Crippen LogP contribution in [-0.4, -0.2) is 43.3 Å². The average molecular weight is 837 g/mol. The van der Waals surface area contributed by atoms with Gasteiger partial charge in [-0.05, 0) is 108 Å².